The third-order valence-electron chi connectivity index (χ3n) is 4.44. The van der Waals surface area contributed by atoms with Crippen LogP contribution < -0.4 is 0 Å². The lowest BCUT2D eigenvalue weighted by atomic mass is 9.90. The van der Waals surface area contributed by atoms with E-state index in [9.17, 15) is 15.0 Å². The number of phenolic OH excluding ortho intramolecular Hbond substituents is 2. The van der Waals surface area contributed by atoms with E-state index in [2.05, 4.69) is 4.90 Å². The van der Waals surface area contributed by atoms with Gasteiger partial charge in [0.1, 0.15) is 11.5 Å². The van der Waals surface area contributed by atoms with E-state index >= 15 is 0 Å². The van der Waals surface area contributed by atoms with Crippen molar-refractivity contribution >= 4 is 5.97 Å². The van der Waals surface area contributed by atoms with E-state index in [1.807, 2.05) is 6.92 Å². The van der Waals surface area contributed by atoms with Gasteiger partial charge in [-0.2, -0.15) is 0 Å². The SMILES string of the molecule is CC(c1c(O)cccc1O)N1CCC(CCC(=O)O)CC1. The third kappa shape index (κ3) is 3.88. The topological polar surface area (TPSA) is 81.0 Å². The first kappa shape index (κ1) is 15.6. The van der Waals surface area contributed by atoms with Gasteiger partial charge in [-0.3, -0.25) is 9.69 Å². The molecule has 2 rings (SSSR count). The van der Waals surface area contributed by atoms with Gasteiger partial charge in [-0.1, -0.05) is 6.07 Å². The van der Waals surface area contributed by atoms with Crippen molar-refractivity contribution < 1.29 is 20.1 Å². The fraction of sp³-hybridized carbons (Fsp3) is 0.562. The summed E-state index contributed by atoms with van der Waals surface area (Å²) in [4.78, 5) is 12.8. The first-order valence-electron chi connectivity index (χ1n) is 7.45. The molecule has 1 unspecified atom stereocenters. The van der Waals surface area contributed by atoms with Crippen LogP contribution in [0.1, 0.15) is 44.2 Å². The van der Waals surface area contributed by atoms with Crippen LogP contribution in [0, 0.1) is 5.92 Å². The van der Waals surface area contributed by atoms with Crippen molar-refractivity contribution in [2.75, 3.05) is 13.1 Å². The zero-order valence-electron chi connectivity index (χ0n) is 12.3. The summed E-state index contributed by atoms with van der Waals surface area (Å²) in [5.74, 6) is -0.0292. The number of carboxylic acid groups (broad SMARTS) is 1. The molecule has 1 atom stereocenters. The van der Waals surface area contributed by atoms with Crippen molar-refractivity contribution in [3.05, 3.63) is 23.8 Å². The molecule has 0 bridgehead atoms. The fourth-order valence-corrected chi connectivity index (χ4v) is 3.11. The fourth-order valence-electron chi connectivity index (χ4n) is 3.11. The predicted octanol–water partition coefficient (Wildman–Crippen LogP) is 2.74. The molecule has 3 N–H and O–H groups in total. The average Bonchev–Trinajstić information content (AvgIpc) is 2.45. The smallest absolute Gasteiger partial charge is 0.303 e. The van der Waals surface area contributed by atoms with Gasteiger partial charge in [0.15, 0.2) is 0 Å². The van der Waals surface area contributed by atoms with Crippen molar-refractivity contribution in [1.82, 2.24) is 4.90 Å². The second kappa shape index (κ2) is 6.80. The second-order valence-corrected chi connectivity index (χ2v) is 5.80. The number of aliphatic carboxylic acids is 1. The highest BCUT2D eigenvalue weighted by molar-refractivity contribution is 5.66. The van der Waals surface area contributed by atoms with Gasteiger partial charge in [-0.15, -0.1) is 0 Å². The molecule has 1 saturated heterocycles. The van der Waals surface area contributed by atoms with Crippen LogP contribution in [-0.4, -0.2) is 39.3 Å². The van der Waals surface area contributed by atoms with Gasteiger partial charge in [0, 0.05) is 12.5 Å². The molecule has 1 fully saturated rings. The molecule has 1 aliphatic rings. The van der Waals surface area contributed by atoms with Gasteiger partial charge >= 0.3 is 5.97 Å². The van der Waals surface area contributed by atoms with E-state index in [0.29, 0.717) is 11.5 Å². The lowest BCUT2D eigenvalue weighted by molar-refractivity contribution is -0.137. The summed E-state index contributed by atoms with van der Waals surface area (Å²) in [6.07, 6.45) is 2.90. The minimum Gasteiger partial charge on any atom is -0.507 e. The number of rotatable bonds is 5. The first-order valence-corrected chi connectivity index (χ1v) is 7.45. The Morgan fingerprint density at radius 2 is 1.86 bits per heavy atom. The number of hydrogen-bond donors (Lipinski definition) is 3. The van der Waals surface area contributed by atoms with E-state index in [1.165, 1.54) is 0 Å². The van der Waals surface area contributed by atoms with Crippen molar-refractivity contribution in [3.8, 4) is 11.5 Å². The lowest BCUT2D eigenvalue weighted by Crippen LogP contribution is -2.35. The van der Waals surface area contributed by atoms with Crippen molar-refractivity contribution in [3.63, 3.8) is 0 Å². The molecule has 0 aliphatic carbocycles. The van der Waals surface area contributed by atoms with Crippen molar-refractivity contribution in [1.29, 1.82) is 0 Å². The maximum atomic E-state index is 10.6. The van der Waals surface area contributed by atoms with E-state index in [4.69, 9.17) is 5.11 Å². The van der Waals surface area contributed by atoms with Crippen LogP contribution in [0.25, 0.3) is 0 Å². The van der Waals surface area contributed by atoms with Crippen molar-refractivity contribution in [2.24, 2.45) is 5.92 Å². The van der Waals surface area contributed by atoms with E-state index in [1.54, 1.807) is 18.2 Å². The highest BCUT2D eigenvalue weighted by Crippen LogP contribution is 2.37. The molecule has 0 amide bonds. The summed E-state index contributed by atoms with van der Waals surface area (Å²) in [7, 11) is 0. The van der Waals surface area contributed by atoms with Crippen LogP contribution in [0.4, 0.5) is 0 Å². The van der Waals surface area contributed by atoms with Crippen LogP contribution in [0.2, 0.25) is 0 Å². The van der Waals surface area contributed by atoms with Gasteiger partial charge < -0.3 is 15.3 Å². The molecule has 0 radical (unpaired) electrons. The second-order valence-electron chi connectivity index (χ2n) is 5.80. The molecular formula is C16H23NO4. The first-order chi connectivity index (χ1) is 9.99. The summed E-state index contributed by atoms with van der Waals surface area (Å²) in [5, 5.41) is 28.6. The summed E-state index contributed by atoms with van der Waals surface area (Å²) in [5.41, 5.74) is 0.571. The van der Waals surface area contributed by atoms with Gasteiger partial charge in [-0.05, 0) is 57.3 Å². The Bertz CT molecular complexity index is 475. The summed E-state index contributed by atoms with van der Waals surface area (Å²) < 4.78 is 0. The minimum atomic E-state index is -0.732. The largest absolute Gasteiger partial charge is 0.507 e. The van der Waals surface area contributed by atoms with Gasteiger partial charge in [0.25, 0.3) is 0 Å². The van der Waals surface area contributed by atoms with Crippen LogP contribution in [-0.2, 0) is 4.79 Å². The maximum absolute atomic E-state index is 10.6. The Balaban J connectivity index is 1.94. The number of piperidine rings is 1. The average molecular weight is 293 g/mol. The summed E-state index contributed by atoms with van der Waals surface area (Å²) in [6, 6.07) is 4.75. The van der Waals surface area contributed by atoms with E-state index < -0.39 is 5.97 Å². The maximum Gasteiger partial charge on any atom is 0.303 e. The molecule has 5 nitrogen and oxygen atoms in total. The predicted molar refractivity (Wildman–Crippen MR) is 79.4 cm³/mol. The summed E-state index contributed by atoms with van der Waals surface area (Å²) >= 11 is 0. The number of aromatic hydroxyl groups is 2. The minimum absolute atomic E-state index is 0.0494. The number of benzene rings is 1. The van der Waals surface area contributed by atoms with Crippen LogP contribution >= 0.6 is 0 Å². The van der Waals surface area contributed by atoms with Gasteiger partial charge in [-0.25, -0.2) is 0 Å². The highest BCUT2D eigenvalue weighted by atomic mass is 16.4. The quantitative estimate of drug-likeness (QED) is 0.777. The molecule has 1 heterocycles. The zero-order valence-corrected chi connectivity index (χ0v) is 12.3. The number of phenols is 2. The number of hydrogen-bond acceptors (Lipinski definition) is 4. The molecule has 116 valence electrons. The molecule has 1 aromatic rings. The molecule has 5 heteroatoms. The normalized spacial score (nSPS) is 18.5. The van der Waals surface area contributed by atoms with Crippen molar-refractivity contribution in [2.45, 2.75) is 38.6 Å². The molecular weight excluding hydrogens is 270 g/mol. The Morgan fingerprint density at radius 3 is 2.38 bits per heavy atom. The van der Waals surface area contributed by atoms with E-state index in [0.717, 1.165) is 32.4 Å². The molecule has 1 aromatic carbocycles. The molecule has 0 saturated carbocycles. The molecule has 21 heavy (non-hydrogen) atoms. The highest BCUT2D eigenvalue weighted by Gasteiger charge is 2.26. The standard InChI is InChI=1S/C16H23NO4/c1-11(16-13(18)3-2-4-14(16)19)17-9-7-12(8-10-17)5-6-15(20)21/h2-4,11-12,18-19H,5-10H2,1H3,(H,20,21). The lowest BCUT2D eigenvalue weighted by Gasteiger charge is -2.36. The number of carboxylic acids is 1. The molecule has 0 aromatic heterocycles. The van der Waals surface area contributed by atoms with Gasteiger partial charge in [0.05, 0.1) is 5.56 Å². The molecule has 0 spiro atoms. The van der Waals surface area contributed by atoms with Crippen LogP contribution in [0.5, 0.6) is 11.5 Å². The van der Waals surface area contributed by atoms with Crippen LogP contribution in [0.3, 0.4) is 0 Å². The Hall–Kier alpha value is -1.75. The number of carbonyl (C=O) groups is 1. The Morgan fingerprint density at radius 1 is 1.29 bits per heavy atom. The van der Waals surface area contributed by atoms with Gasteiger partial charge in [0.2, 0.25) is 0 Å². The molecule has 1 aliphatic heterocycles. The van der Waals surface area contributed by atoms with Crippen LogP contribution in [0.15, 0.2) is 18.2 Å². The Kier molecular flexibility index (Phi) is 5.07. The third-order valence-corrected chi connectivity index (χ3v) is 4.44. The zero-order chi connectivity index (χ0) is 15.4. The number of nitrogens with zero attached hydrogens (tertiary/aromatic N) is 1. The van der Waals surface area contributed by atoms with E-state index in [-0.39, 0.29) is 24.0 Å². The number of likely N-dealkylation sites (tertiary alicyclic amines) is 1. The summed E-state index contributed by atoms with van der Waals surface area (Å²) in [6.45, 7) is 3.70. The monoisotopic (exact) mass is 293 g/mol. The Labute approximate surface area is 124 Å².